The van der Waals surface area contributed by atoms with Gasteiger partial charge in [-0.1, -0.05) is 52.1 Å². The summed E-state index contributed by atoms with van der Waals surface area (Å²) in [5.74, 6) is -0.214. The Hall–Kier alpha value is -0.250. The second kappa shape index (κ2) is 7.24. The van der Waals surface area contributed by atoms with Gasteiger partial charge >= 0.3 is 0 Å². The maximum Gasteiger partial charge on any atom is 0.254 e. The van der Waals surface area contributed by atoms with E-state index < -0.39 is 0 Å². The van der Waals surface area contributed by atoms with Gasteiger partial charge in [-0.2, -0.15) is 0 Å². The maximum atomic E-state index is 12.0. The van der Waals surface area contributed by atoms with Crippen LogP contribution in [-0.4, -0.2) is 17.3 Å². The first-order valence-corrected chi connectivity index (χ1v) is 7.28. The molecule has 17 heavy (non-hydrogen) atoms. The van der Waals surface area contributed by atoms with Crippen molar-refractivity contribution in [3.05, 3.63) is 33.8 Å². The van der Waals surface area contributed by atoms with Crippen molar-refractivity contribution in [3.63, 3.8) is 0 Å². The average Bonchev–Trinajstić information content (AvgIpc) is 2.28. The standard InChI is InChI=1S/C12H14BrCl2NO/c1-2-8(6-7-13)16-12(17)11-9(14)4-3-5-10(11)15/h3-5,8H,2,6-7H2,1H3,(H,16,17). The zero-order valence-corrected chi connectivity index (χ0v) is 12.6. The molecule has 1 aromatic carbocycles. The fourth-order valence-corrected chi connectivity index (χ4v) is 2.60. The third-order valence-corrected chi connectivity index (χ3v) is 3.56. The van der Waals surface area contributed by atoms with Crippen LogP contribution in [0.2, 0.25) is 10.0 Å². The Morgan fingerprint density at radius 3 is 2.47 bits per heavy atom. The van der Waals surface area contributed by atoms with Gasteiger partial charge in [0.25, 0.3) is 5.91 Å². The zero-order chi connectivity index (χ0) is 12.8. The van der Waals surface area contributed by atoms with E-state index in [0.29, 0.717) is 15.6 Å². The summed E-state index contributed by atoms with van der Waals surface area (Å²) in [7, 11) is 0. The lowest BCUT2D eigenvalue weighted by Gasteiger charge is -2.16. The molecule has 1 aromatic rings. The third-order valence-electron chi connectivity index (χ3n) is 2.48. The van der Waals surface area contributed by atoms with Crippen molar-refractivity contribution in [1.29, 1.82) is 0 Å². The molecular weight excluding hydrogens is 325 g/mol. The highest BCUT2D eigenvalue weighted by molar-refractivity contribution is 9.09. The molecular formula is C12H14BrCl2NO. The van der Waals surface area contributed by atoms with E-state index >= 15 is 0 Å². The number of hydrogen-bond acceptors (Lipinski definition) is 1. The van der Waals surface area contributed by atoms with E-state index in [0.717, 1.165) is 18.2 Å². The molecule has 0 aromatic heterocycles. The van der Waals surface area contributed by atoms with E-state index in [-0.39, 0.29) is 11.9 Å². The van der Waals surface area contributed by atoms with E-state index in [1.54, 1.807) is 18.2 Å². The van der Waals surface area contributed by atoms with Crippen LogP contribution in [0.25, 0.3) is 0 Å². The molecule has 0 aliphatic rings. The molecule has 1 amide bonds. The van der Waals surface area contributed by atoms with Gasteiger partial charge in [0.15, 0.2) is 0 Å². The Morgan fingerprint density at radius 1 is 1.41 bits per heavy atom. The maximum absolute atomic E-state index is 12.0. The monoisotopic (exact) mass is 337 g/mol. The first-order chi connectivity index (χ1) is 8.10. The summed E-state index contributed by atoms with van der Waals surface area (Å²) in [5, 5.41) is 4.53. The number of carbonyl (C=O) groups excluding carboxylic acids is 1. The second-order valence-corrected chi connectivity index (χ2v) is 5.26. The summed E-state index contributed by atoms with van der Waals surface area (Å²) in [6, 6.07) is 5.17. The molecule has 94 valence electrons. The molecule has 1 rings (SSSR count). The van der Waals surface area contributed by atoms with Crippen LogP contribution in [0, 0.1) is 0 Å². The van der Waals surface area contributed by atoms with Crippen LogP contribution in [0.4, 0.5) is 0 Å². The zero-order valence-electron chi connectivity index (χ0n) is 9.47. The highest BCUT2D eigenvalue weighted by Gasteiger charge is 2.17. The summed E-state index contributed by atoms with van der Waals surface area (Å²) in [6.45, 7) is 2.03. The van der Waals surface area contributed by atoms with Gasteiger partial charge in [-0.3, -0.25) is 4.79 Å². The molecule has 1 atom stereocenters. The van der Waals surface area contributed by atoms with Crippen LogP contribution in [0.15, 0.2) is 18.2 Å². The normalized spacial score (nSPS) is 12.2. The third kappa shape index (κ3) is 4.16. The van der Waals surface area contributed by atoms with E-state index in [1.807, 2.05) is 6.92 Å². The lowest BCUT2D eigenvalue weighted by atomic mass is 10.1. The van der Waals surface area contributed by atoms with Crippen LogP contribution in [0.1, 0.15) is 30.1 Å². The van der Waals surface area contributed by atoms with Crippen molar-refractivity contribution < 1.29 is 4.79 Å². The van der Waals surface area contributed by atoms with Crippen molar-refractivity contribution in [1.82, 2.24) is 5.32 Å². The molecule has 2 nitrogen and oxygen atoms in total. The molecule has 0 aliphatic heterocycles. The quantitative estimate of drug-likeness (QED) is 0.797. The number of halogens is 3. The second-order valence-electron chi connectivity index (χ2n) is 3.65. The van der Waals surface area contributed by atoms with Gasteiger partial charge in [0.05, 0.1) is 15.6 Å². The number of benzene rings is 1. The van der Waals surface area contributed by atoms with Crippen molar-refractivity contribution in [2.24, 2.45) is 0 Å². The lowest BCUT2D eigenvalue weighted by Crippen LogP contribution is -2.35. The van der Waals surface area contributed by atoms with Crippen LogP contribution in [0.3, 0.4) is 0 Å². The summed E-state index contributed by atoms with van der Waals surface area (Å²) in [5.41, 5.74) is 0.351. The smallest absolute Gasteiger partial charge is 0.254 e. The number of rotatable bonds is 5. The summed E-state index contributed by atoms with van der Waals surface area (Å²) >= 11 is 15.3. The largest absolute Gasteiger partial charge is 0.349 e. The van der Waals surface area contributed by atoms with E-state index in [4.69, 9.17) is 23.2 Å². The molecule has 0 heterocycles. The molecule has 1 unspecified atom stereocenters. The minimum absolute atomic E-state index is 0.134. The van der Waals surface area contributed by atoms with E-state index in [9.17, 15) is 4.79 Å². The minimum atomic E-state index is -0.214. The van der Waals surface area contributed by atoms with Crippen LogP contribution in [0.5, 0.6) is 0 Å². The Kier molecular flexibility index (Phi) is 6.31. The first kappa shape index (κ1) is 14.8. The topological polar surface area (TPSA) is 29.1 Å². The first-order valence-electron chi connectivity index (χ1n) is 5.41. The molecule has 0 saturated heterocycles. The van der Waals surface area contributed by atoms with Crippen molar-refractivity contribution in [2.45, 2.75) is 25.8 Å². The van der Waals surface area contributed by atoms with Crippen molar-refractivity contribution >= 4 is 45.0 Å². The highest BCUT2D eigenvalue weighted by atomic mass is 79.9. The highest BCUT2D eigenvalue weighted by Crippen LogP contribution is 2.24. The van der Waals surface area contributed by atoms with E-state index in [1.165, 1.54) is 0 Å². The minimum Gasteiger partial charge on any atom is -0.349 e. The molecule has 0 fully saturated rings. The molecule has 0 saturated carbocycles. The van der Waals surface area contributed by atoms with Gasteiger partial charge in [0.1, 0.15) is 0 Å². The van der Waals surface area contributed by atoms with Crippen LogP contribution >= 0.6 is 39.1 Å². The molecule has 1 N–H and O–H groups in total. The predicted octanol–water partition coefficient (Wildman–Crippen LogP) is 4.29. The van der Waals surface area contributed by atoms with Gasteiger partial charge in [-0.05, 0) is 25.0 Å². The summed E-state index contributed by atoms with van der Waals surface area (Å²) in [4.78, 5) is 12.0. The van der Waals surface area contributed by atoms with Gasteiger partial charge in [0.2, 0.25) is 0 Å². The number of carbonyl (C=O) groups is 1. The Balaban J connectivity index is 2.82. The number of hydrogen-bond donors (Lipinski definition) is 1. The van der Waals surface area contributed by atoms with Gasteiger partial charge in [-0.15, -0.1) is 0 Å². The number of amides is 1. The molecule has 0 radical (unpaired) electrons. The van der Waals surface area contributed by atoms with E-state index in [2.05, 4.69) is 21.2 Å². The molecule has 0 spiro atoms. The molecule has 0 aliphatic carbocycles. The Morgan fingerprint density at radius 2 is 2.00 bits per heavy atom. The average molecular weight is 339 g/mol. The Bertz CT molecular complexity index is 378. The molecule has 0 bridgehead atoms. The van der Waals surface area contributed by atoms with Crippen molar-refractivity contribution in [3.8, 4) is 0 Å². The lowest BCUT2D eigenvalue weighted by molar-refractivity contribution is 0.0935. The number of nitrogens with one attached hydrogen (secondary N) is 1. The van der Waals surface area contributed by atoms with Crippen LogP contribution < -0.4 is 5.32 Å². The SMILES string of the molecule is CCC(CCBr)NC(=O)c1c(Cl)cccc1Cl. The van der Waals surface area contributed by atoms with Crippen molar-refractivity contribution in [2.75, 3.05) is 5.33 Å². The summed E-state index contributed by atoms with van der Waals surface area (Å²) in [6.07, 6.45) is 1.75. The van der Waals surface area contributed by atoms with Gasteiger partial charge in [-0.25, -0.2) is 0 Å². The molecule has 5 heteroatoms. The van der Waals surface area contributed by atoms with Crippen LogP contribution in [-0.2, 0) is 0 Å². The fourth-order valence-electron chi connectivity index (χ4n) is 1.48. The Labute approximate surface area is 120 Å². The van der Waals surface area contributed by atoms with Gasteiger partial charge < -0.3 is 5.32 Å². The van der Waals surface area contributed by atoms with Gasteiger partial charge in [0, 0.05) is 11.4 Å². The predicted molar refractivity (Wildman–Crippen MR) is 76.4 cm³/mol. The number of alkyl halides is 1. The fraction of sp³-hybridized carbons (Fsp3) is 0.417. The summed E-state index contributed by atoms with van der Waals surface area (Å²) < 4.78 is 0.